The highest BCUT2D eigenvalue weighted by atomic mass is 16.5. The minimum Gasteiger partial charge on any atom is -0.481 e. The average Bonchev–Trinajstić information content (AvgIpc) is 3.32. The maximum Gasteiger partial charge on any atom is 0.256 e. The third kappa shape index (κ3) is 4.52. The van der Waals surface area contributed by atoms with E-state index in [1.807, 2.05) is 48.2 Å². The number of likely N-dealkylation sites (tertiary alicyclic amines) is 1. The van der Waals surface area contributed by atoms with Crippen LogP contribution < -0.4 is 10.1 Å². The van der Waals surface area contributed by atoms with Gasteiger partial charge in [-0.3, -0.25) is 4.79 Å². The van der Waals surface area contributed by atoms with Crippen LogP contribution >= 0.6 is 0 Å². The van der Waals surface area contributed by atoms with E-state index in [0.29, 0.717) is 29.6 Å². The molecule has 0 spiro atoms. The van der Waals surface area contributed by atoms with Crippen LogP contribution in [0.4, 0.5) is 5.82 Å². The van der Waals surface area contributed by atoms with Crippen LogP contribution in [-0.4, -0.2) is 57.0 Å². The van der Waals surface area contributed by atoms with Gasteiger partial charge in [0, 0.05) is 19.2 Å². The molecular weight excluding hydrogens is 392 g/mol. The number of rotatable bonds is 6. The molecule has 1 saturated heterocycles. The number of carbonyl (C=O) groups excluding carboxylic acids is 1. The zero-order chi connectivity index (χ0) is 21.8. The van der Waals surface area contributed by atoms with Gasteiger partial charge in [-0.05, 0) is 43.9 Å². The van der Waals surface area contributed by atoms with Crippen molar-refractivity contribution in [2.24, 2.45) is 5.92 Å². The third-order valence-electron chi connectivity index (χ3n) is 5.82. The number of ether oxygens (including phenoxy) is 1. The van der Waals surface area contributed by atoms with Crippen LogP contribution in [0.5, 0.6) is 5.88 Å². The molecule has 1 aromatic carbocycles. The summed E-state index contributed by atoms with van der Waals surface area (Å²) in [5, 5.41) is 11.9. The Morgan fingerprint density at radius 3 is 2.81 bits per heavy atom. The van der Waals surface area contributed by atoms with Crippen molar-refractivity contribution in [1.82, 2.24) is 24.9 Å². The number of nitrogens with zero attached hydrogens (tertiary/aromatic N) is 5. The minimum absolute atomic E-state index is 0.00736. The van der Waals surface area contributed by atoms with E-state index in [-0.39, 0.29) is 11.9 Å². The summed E-state index contributed by atoms with van der Waals surface area (Å²) in [7, 11) is 1.60. The normalized spacial score (nSPS) is 18.6. The van der Waals surface area contributed by atoms with Gasteiger partial charge in [-0.25, -0.2) is 0 Å². The number of hydrogen-bond acceptors (Lipinski definition) is 6. The largest absolute Gasteiger partial charge is 0.481 e. The van der Waals surface area contributed by atoms with Crippen LogP contribution in [0.1, 0.15) is 35.7 Å². The highest BCUT2D eigenvalue weighted by Crippen LogP contribution is 2.27. The lowest BCUT2D eigenvalue weighted by Crippen LogP contribution is -2.51. The highest BCUT2D eigenvalue weighted by molar-refractivity contribution is 5.98. The summed E-state index contributed by atoms with van der Waals surface area (Å²) in [6.45, 7) is 5.54. The molecule has 1 aliphatic rings. The van der Waals surface area contributed by atoms with Crippen molar-refractivity contribution in [3.8, 4) is 11.6 Å². The van der Waals surface area contributed by atoms with Crippen molar-refractivity contribution in [1.29, 1.82) is 0 Å². The number of hydrogen-bond donors (Lipinski definition) is 1. The number of methoxy groups -OCH3 is 1. The molecule has 2 atom stereocenters. The van der Waals surface area contributed by atoms with Crippen LogP contribution in [0, 0.1) is 12.8 Å². The summed E-state index contributed by atoms with van der Waals surface area (Å²) in [6.07, 6.45) is 5.31. The van der Waals surface area contributed by atoms with E-state index < -0.39 is 0 Å². The molecule has 0 radical (unpaired) electrons. The Labute approximate surface area is 182 Å². The lowest BCUT2D eigenvalue weighted by molar-refractivity contribution is 0.0539. The van der Waals surface area contributed by atoms with Gasteiger partial charge in [0.1, 0.15) is 5.82 Å². The molecule has 1 aliphatic heterocycles. The molecule has 1 N–H and O–H groups in total. The van der Waals surface area contributed by atoms with Crippen LogP contribution in [0.25, 0.3) is 5.69 Å². The van der Waals surface area contributed by atoms with Gasteiger partial charge in [0.25, 0.3) is 5.91 Å². The molecular formula is C23H28N6O2. The van der Waals surface area contributed by atoms with Crippen molar-refractivity contribution in [2.45, 2.75) is 32.7 Å². The van der Waals surface area contributed by atoms with Crippen molar-refractivity contribution in [3.63, 3.8) is 0 Å². The lowest BCUT2D eigenvalue weighted by Gasteiger charge is -2.40. The molecule has 31 heavy (non-hydrogen) atoms. The Hall–Kier alpha value is -3.42. The second kappa shape index (κ2) is 9.16. The third-order valence-corrected chi connectivity index (χ3v) is 5.82. The van der Waals surface area contributed by atoms with Gasteiger partial charge < -0.3 is 15.0 Å². The first kappa shape index (κ1) is 20.8. The van der Waals surface area contributed by atoms with E-state index in [1.54, 1.807) is 19.5 Å². The van der Waals surface area contributed by atoms with Gasteiger partial charge in [0.2, 0.25) is 5.88 Å². The van der Waals surface area contributed by atoms with Gasteiger partial charge >= 0.3 is 0 Å². The van der Waals surface area contributed by atoms with E-state index in [4.69, 9.17) is 4.74 Å². The Morgan fingerprint density at radius 1 is 1.23 bits per heavy atom. The predicted molar refractivity (Wildman–Crippen MR) is 119 cm³/mol. The summed E-state index contributed by atoms with van der Waals surface area (Å²) < 4.78 is 5.21. The average molecular weight is 421 g/mol. The first-order valence-electron chi connectivity index (χ1n) is 10.6. The second-order valence-electron chi connectivity index (χ2n) is 7.97. The topological polar surface area (TPSA) is 85.2 Å². The molecule has 0 bridgehead atoms. The summed E-state index contributed by atoms with van der Waals surface area (Å²) in [6, 6.07) is 11.5. The van der Waals surface area contributed by atoms with Gasteiger partial charge in [0.05, 0.1) is 36.8 Å². The number of aryl methyl sites for hydroxylation is 1. The highest BCUT2D eigenvalue weighted by Gasteiger charge is 2.33. The monoisotopic (exact) mass is 420 g/mol. The van der Waals surface area contributed by atoms with Crippen LogP contribution in [0.3, 0.4) is 0 Å². The zero-order valence-corrected chi connectivity index (χ0v) is 18.2. The molecule has 2 unspecified atom stereocenters. The summed E-state index contributed by atoms with van der Waals surface area (Å²) >= 11 is 0. The van der Waals surface area contributed by atoms with E-state index in [9.17, 15) is 4.79 Å². The van der Waals surface area contributed by atoms with Crippen LogP contribution in [0.2, 0.25) is 0 Å². The molecule has 4 rings (SSSR count). The quantitative estimate of drug-likeness (QED) is 0.658. The second-order valence-corrected chi connectivity index (χ2v) is 7.97. The molecule has 1 amide bonds. The maximum atomic E-state index is 13.7. The predicted octanol–water partition coefficient (Wildman–Crippen LogP) is 3.33. The van der Waals surface area contributed by atoms with Gasteiger partial charge in [-0.2, -0.15) is 20.0 Å². The zero-order valence-electron chi connectivity index (χ0n) is 18.2. The summed E-state index contributed by atoms with van der Waals surface area (Å²) in [5.41, 5.74) is 2.34. The molecule has 1 fully saturated rings. The van der Waals surface area contributed by atoms with Crippen molar-refractivity contribution >= 4 is 11.7 Å². The fourth-order valence-corrected chi connectivity index (χ4v) is 4.14. The van der Waals surface area contributed by atoms with E-state index in [1.165, 1.54) is 4.80 Å². The standard InChI is InChI=1S/C23H28N6O2/c1-16-9-10-19(29-25-11-12-26-29)18(14-16)23(30)28-13-5-6-17(2)20(28)15-24-21-7-4-8-22(27-21)31-3/h4,7-12,14,17,20H,5-6,13,15H2,1-3H3,(H,24,27). The number of piperidine rings is 1. The maximum absolute atomic E-state index is 13.7. The number of aromatic nitrogens is 4. The molecule has 0 saturated carbocycles. The van der Waals surface area contributed by atoms with Crippen molar-refractivity contribution in [2.75, 3.05) is 25.5 Å². The first-order chi connectivity index (χ1) is 15.1. The number of pyridine rings is 1. The molecule has 3 heterocycles. The number of nitrogens with one attached hydrogen (secondary N) is 1. The van der Waals surface area contributed by atoms with Crippen molar-refractivity contribution < 1.29 is 9.53 Å². The van der Waals surface area contributed by atoms with E-state index in [0.717, 1.165) is 30.8 Å². The SMILES string of the molecule is COc1cccc(NCC2C(C)CCCN2C(=O)c2cc(C)ccc2-n2nccn2)n1. The number of carbonyl (C=O) groups is 1. The summed E-state index contributed by atoms with van der Waals surface area (Å²) in [4.78, 5) is 21.7. The molecule has 2 aromatic heterocycles. The fraction of sp³-hybridized carbons (Fsp3) is 0.391. The van der Waals surface area contributed by atoms with E-state index >= 15 is 0 Å². The minimum atomic E-state index is 0.00736. The molecule has 0 aliphatic carbocycles. The Bertz CT molecular complexity index is 1040. The Morgan fingerprint density at radius 2 is 2.03 bits per heavy atom. The van der Waals surface area contributed by atoms with E-state index in [2.05, 4.69) is 27.4 Å². The Balaban J connectivity index is 1.59. The van der Waals surface area contributed by atoms with Gasteiger partial charge in [-0.1, -0.05) is 24.6 Å². The van der Waals surface area contributed by atoms with Crippen molar-refractivity contribution in [3.05, 3.63) is 59.9 Å². The summed E-state index contributed by atoms with van der Waals surface area (Å²) in [5.74, 6) is 1.67. The lowest BCUT2D eigenvalue weighted by atomic mass is 9.89. The molecule has 162 valence electrons. The fourth-order valence-electron chi connectivity index (χ4n) is 4.14. The number of benzene rings is 1. The molecule has 3 aromatic rings. The van der Waals surface area contributed by atoms with Gasteiger partial charge in [-0.15, -0.1) is 0 Å². The number of amides is 1. The van der Waals surface area contributed by atoms with Crippen LogP contribution in [-0.2, 0) is 0 Å². The Kier molecular flexibility index (Phi) is 6.16. The first-order valence-corrected chi connectivity index (χ1v) is 10.6. The van der Waals surface area contributed by atoms with Crippen LogP contribution in [0.15, 0.2) is 48.8 Å². The molecule has 8 nitrogen and oxygen atoms in total. The smallest absolute Gasteiger partial charge is 0.256 e. The van der Waals surface area contributed by atoms with Gasteiger partial charge in [0.15, 0.2) is 0 Å². The molecule has 8 heteroatoms. The number of anilines is 1.